The van der Waals surface area contributed by atoms with Crippen molar-refractivity contribution >= 4 is 22.4 Å². The number of aromatic nitrogens is 4. The van der Waals surface area contributed by atoms with Crippen LogP contribution in [-0.2, 0) is 6.42 Å². The average molecular weight is 411 g/mol. The summed E-state index contributed by atoms with van der Waals surface area (Å²) in [7, 11) is 0. The molecule has 1 N–H and O–H groups in total. The minimum atomic E-state index is -0.891. The van der Waals surface area contributed by atoms with Crippen LogP contribution >= 0.6 is 11.3 Å². The molecule has 0 fully saturated rings. The molecule has 0 aliphatic carbocycles. The van der Waals surface area contributed by atoms with Gasteiger partial charge in [-0.2, -0.15) is 0 Å². The van der Waals surface area contributed by atoms with Gasteiger partial charge in [-0.25, -0.2) is 18.4 Å². The van der Waals surface area contributed by atoms with E-state index in [-0.39, 0.29) is 5.69 Å². The van der Waals surface area contributed by atoms with E-state index in [1.165, 1.54) is 28.3 Å². The number of hydrogen-bond acceptors (Lipinski definition) is 5. The fraction of sp³-hybridized carbons (Fsp3) is 0.100. The molecule has 9 heteroatoms. The number of nitrogens with one attached hydrogen (secondary N) is 1. The molecule has 0 atom stereocenters. The van der Waals surface area contributed by atoms with E-state index in [0.29, 0.717) is 17.1 Å². The summed E-state index contributed by atoms with van der Waals surface area (Å²) >= 11 is 1.25. The molecule has 0 unspecified atom stereocenters. The van der Waals surface area contributed by atoms with Gasteiger partial charge in [-0.05, 0) is 36.8 Å². The lowest BCUT2D eigenvalue weighted by Gasteiger charge is -2.00. The van der Waals surface area contributed by atoms with E-state index < -0.39 is 17.5 Å². The number of benzene rings is 2. The number of nitrogens with zero attached hydrogens (tertiary/aromatic N) is 4. The highest BCUT2D eigenvalue weighted by Gasteiger charge is 2.14. The summed E-state index contributed by atoms with van der Waals surface area (Å²) in [6.45, 7) is 1.98. The maximum absolute atomic E-state index is 13.3. The molecular formula is C20H15F2N5OS. The van der Waals surface area contributed by atoms with Crippen molar-refractivity contribution in [3.63, 3.8) is 0 Å². The maximum Gasteiger partial charge on any atom is 0.279 e. The van der Waals surface area contributed by atoms with Crippen molar-refractivity contribution < 1.29 is 13.6 Å². The highest BCUT2D eigenvalue weighted by molar-refractivity contribution is 7.15. The zero-order chi connectivity index (χ0) is 20.4. The predicted molar refractivity (Wildman–Crippen MR) is 105 cm³/mol. The fourth-order valence-corrected chi connectivity index (χ4v) is 3.49. The molecule has 4 rings (SSSR count). The number of rotatable bonds is 5. The van der Waals surface area contributed by atoms with Crippen molar-refractivity contribution in [3.8, 4) is 5.69 Å². The number of carbonyl (C=O) groups is 1. The Bertz CT molecular complexity index is 1170. The average Bonchev–Trinajstić information content (AvgIpc) is 3.35. The minimum Gasteiger partial charge on any atom is -0.296 e. The van der Waals surface area contributed by atoms with Crippen LogP contribution in [0.5, 0.6) is 0 Å². The van der Waals surface area contributed by atoms with E-state index in [1.54, 1.807) is 6.20 Å². The molecule has 0 saturated heterocycles. The Morgan fingerprint density at radius 3 is 2.69 bits per heavy atom. The molecule has 2 heterocycles. The Labute approximate surface area is 168 Å². The number of carbonyl (C=O) groups excluding carboxylic acids is 1. The molecule has 1 amide bonds. The topological polar surface area (TPSA) is 72.7 Å². The van der Waals surface area contributed by atoms with Crippen molar-refractivity contribution in [3.05, 3.63) is 88.2 Å². The highest BCUT2D eigenvalue weighted by atomic mass is 32.1. The second-order valence-corrected chi connectivity index (χ2v) is 7.51. The van der Waals surface area contributed by atoms with Gasteiger partial charge in [0.25, 0.3) is 5.91 Å². The SMILES string of the molecule is Cc1ccc(-n2cc(C(=O)Nc3ncc(Cc4ccc(F)c(F)c4)s3)nn2)cc1. The number of hydrogen-bond donors (Lipinski definition) is 1. The molecular weight excluding hydrogens is 396 g/mol. The van der Waals surface area contributed by atoms with Gasteiger partial charge >= 0.3 is 0 Å². The predicted octanol–water partition coefficient (Wildman–Crippen LogP) is 4.15. The smallest absolute Gasteiger partial charge is 0.279 e. The number of aryl methyl sites for hydroxylation is 1. The van der Waals surface area contributed by atoms with Crippen LogP contribution in [-0.4, -0.2) is 25.9 Å². The molecule has 6 nitrogen and oxygen atoms in total. The molecule has 146 valence electrons. The van der Waals surface area contributed by atoms with Gasteiger partial charge in [0, 0.05) is 17.5 Å². The largest absolute Gasteiger partial charge is 0.296 e. The first-order valence-corrected chi connectivity index (χ1v) is 9.49. The quantitative estimate of drug-likeness (QED) is 0.535. The molecule has 0 spiro atoms. The summed E-state index contributed by atoms with van der Waals surface area (Å²) in [4.78, 5) is 17.4. The van der Waals surface area contributed by atoms with Gasteiger partial charge in [0.2, 0.25) is 0 Å². The third kappa shape index (κ3) is 4.35. The lowest BCUT2D eigenvalue weighted by atomic mass is 10.1. The van der Waals surface area contributed by atoms with Crippen molar-refractivity contribution in [2.24, 2.45) is 0 Å². The third-order valence-electron chi connectivity index (χ3n) is 4.16. The molecule has 2 aromatic heterocycles. The number of amides is 1. The van der Waals surface area contributed by atoms with Crippen LogP contribution in [0, 0.1) is 18.6 Å². The third-order valence-corrected chi connectivity index (χ3v) is 5.07. The minimum absolute atomic E-state index is 0.155. The molecule has 29 heavy (non-hydrogen) atoms. The zero-order valence-electron chi connectivity index (χ0n) is 15.3. The van der Waals surface area contributed by atoms with Crippen LogP contribution in [0.4, 0.5) is 13.9 Å². The van der Waals surface area contributed by atoms with E-state index in [2.05, 4.69) is 20.6 Å². The number of anilines is 1. The summed E-state index contributed by atoms with van der Waals surface area (Å²) in [6, 6.07) is 11.4. The Balaban J connectivity index is 1.42. The molecule has 0 aliphatic heterocycles. The zero-order valence-corrected chi connectivity index (χ0v) is 16.1. The van der Waals surface area contributed by atoms with Gasteiger partial charge in [0.15, 0.2) is 22.5 Å². The van der Waals surface area contributed by atoms with E-state index >= 15 is 0 Å². The van der Waals surface area contributed by atoms with Crippen LogP contribution < -0.4 is 5.32 Å². The molecule has 0 aliphatic rings. The first-order valence-electron chi connectivity index (χ1n) is 8.67. The summed E-state index contributed by atoms with van der Waals surface area (Å²) in [5, 5.41) is 10.9. The summed E-state index contributed by atoms with van der Waals surface area (Å²) in [5.74, 6) is -2.21. The Morgan fingerprint density at radius 1 is 1.14 bits per heavy atom. The van der Waals surface area contributed by atoms with E-state index in [1.807, 2.05) is 31.2 Å². The fourth-order valence-electron chi connectivity index (χ4n) is 2.65. The first kappa shape index (κ1) is 18.9. The van der Waals surface area contributed by atoms with Gasteiger partial charge in [0.05, 0.1) is 11.9 Å². The normalized spacial score (nSPS) is 10.9. The molecule has 2 aromatic carbocycles. The summed E-state index contributed by atoms with van der Waals surface area (Å²) in [6.07, 6.45) is 3.51. The van der Waals surface area contributed by atoms with E-state index in [9.17, 15) is 13.6 Å². The van der Waals surface area contributed by atoms with Crippen LogP contribution in [0.15, 0.2) is 54.9 Å². The van der Waals surface area contributed by atoms with Gasteiger partial charge in [-0.15, -0.1) is 16.4 Å². The highest BCUT2D eigenvalue weighted by Crippen LogP contribution is 2.22. The van der Waals surface area contributed by atoms with Crippen molar-refractivity contribution in [2.45, 2.75) is 13.3 Å². The van der Waals surface area contributed by atoms with Gasteiger partial charge in [-0.3, -0.25) is 10.1 Å². The van der Waals surface area contributed by atoms with Crippen LogP contribution in [0.1, 0.15) is 26.5 Å². The van der Waals surface area contributed by atoms with Crippen molar-refractivity contribution in [2.75, 3.05) is 5.32 Å². The Hall–Kier alpha value is -3.46. The lowest BCUT2D eigenvalue weighted by Crippen LogP contribution is -2.12. The van der Waals surface area contributed by atoms with Gasteiger partial charge in [-0.1, -0.05) is 29.0 Å². The standard InChI is InChI=1S/C20H15F2N5OS/c1-12-2-5-14(6-3-12)27-11-18(25-26-27)19(28)24-20-23-10-15(29-20)8-13-4-7-16(21)17(22)9-13/h2-7,9-11H,8H2,1H3,(H,23,24,28). The first-order chi connectivity index (χ1) is 14.0. The number of thiazole rings is 1. The Kier molecular flexibility index (Phi) is 5.13. The summed E-state index contributed by atoms with van der Waals surface area (Å²) < 4.78 is 27.9. The monoisotopic (exact) mass is 411 g/mol. The molecule has 4 aromatic rings. The van der Waals surface area contributed by atoms with Crippen LogP contribution in [0.2, 0.25) is 0 Å². The maximum atomic E-state index is 13.3. The Morgan fingerprint density at radius 2 is 1.93 bits per heavy atom. The summed E-state index contributed by atoms with van der Waals surface area (Å²) in [5.41, 5.74) is 2.69. The van der Waals surface area contributed by atoms with E-state index in [0.717, 1.165) is 28.3 Å². The van der Waals surface area contributed by atoms with Crippen LogP contribution in [0.25, 0.3) is 5.69 Å². The second-order valence-electron chi connectivity index (χ2n) is 6.39. The molecule has 0 saturated carbocycles. The number of halogens is 2. The van der Waals surface area contributed by atoms with Crippen molar-refractivity contribution in [1.29, 1.82) is 0 Å². The second kappa shape index (κ2) is 7.88. The van der Waals surface area contributed by atoms with E-state index in [4.69, 9.17) is 0 Å². The van der Waals surface area contributed by atoms with Gasteiger partial charge in [0.1, 0.15) is 0 Å². The van der Waals surface area contributed by atoms with Crippen LogP contribution in [0.3, 0.4) is 0 Å². The van der Waals surface area contributed by atoms with Gasteiger partial charge < -0.3 is 0 Å². The lowest BCUT2D eigenvalue weighted by molar-refractivity contribution is 0.102. The molecule has 0 bridgehead atoms. The molecule has 0 radical (unpaired) electrons. The van der Waals surface area contributed by atoms with Crippen molar-refractivity contribution in [1.82, 2.24) is 20.0 Å².